The molecular formula is C17H21FN2. The zero-order valence-electron chi connectivity index (χ0n) is 12.1. The molecule has 0 bridgehead atoms. The van der Waals surface area contributed by atoms with Crippen molar-refractivity contribution in [3.05, 3.63) is 65.0 Å². The lowest BCUT2D eigenvalue weighted by molar-refractivity contribution is 0.626. The lowest BCUT2D eigenvalue weighted by atomic mass is 10.1. The number of benzene rings is 2. The Morgan fingerprint density at radius 3 is 2.40 bits per heavy atom. The van der Waals surface area contributed by atoms with E-state index in [0.29, 0.717) is 6.54 Å². The van der Waals surface area contributed by atoms with Crippen molar-refractivity contribution in [1.82, 2.24) is 0 Å². The molecule has 0 saturated heterocycles. The lowest BCUT2D eigenvalue weighted by Crippen LogP contribution is -2.29. The molecule has 2 N–H and O–H groups in total. The molecule has 2 aromatic carbocycles. The molecule has 0 aromatic heterocycles. The molecule has 0 saturated carbocycles. The van der Waals surface area contributed by atoms with Gasteiger partial charge in [-0.15, -0.1) is 0 Å². The van der Waals surface area contributed by atoms with Gasteiger partial charge in [-0.1, -0.05) is 24.3 Å². The van der Waals surface area contributed by atoms with Gasteiger partial charge in [-0.2, -0.15) is 0 Å². The Kier molecular flexibility index (Phi) is 4.74. The van der Waals surface area contributed by atoms with E-state index in [-0.39, 0.29) is 5.82 Å². The number of nitrogens with zero attached hydrogens (tertiary/aromatic N) is 1. The van der Waals surface area contributed by atoms with Crippen LogP contribution in [0.3, 0.4) is 0 Å². The number of anilines is 1. The molecule has 0 aliphatic carbocycles. The second-order valence-corrected chi connectivity index (χ2v) is 5.13. The van der Waals surface area contributed by atoms with Gasteiger partial charge in [-0.05, 0) is 48.7 Å². The van der Waals surface area contributed by atoms with Crippen molar-refractivity contribution in [2.75, 3.05) is 18.0 Å². The summed E-state index contributed by atoms with van der Waals surface area (Å²) in [6, 6.07) is 13.1. The highest BCUT2D eigenvalue weighted by molar-refractivity contribution is 5.55. The van der Waals surface area contributed by atoms with Gasteiger partial charge in [0, 0.05) is 25.3 Å². The number of halogens is 1. The topological polar surface area (TPSA) is 29.3 Å². The van der Waals surface area contributed by atoms with Crippen LogP contribution in [0.1, 0.15) is 16.7 Å². The molecule has 3 heteroatoms. The first-order valence-electron chi connectivity index (χ1n) is 6.87. The van der Waals surface area contributed by atoms with Gasteiger partial charge in [0.25, 0.3) is 0 Å². The molecule has 0 unspecified atom stereocenters. The second-order valence-electron chi connectivity index (χ2n) is 5.13. The molecule has 0 fully saturated rings. The third-order valence-electron chi connectivity index (χ3n) is 3.39. The summed E-state index contributed by atoms with van der Waals surface area (Å²) in [6.07, 6.45) is 0. The first-order valence-corrected chi connectivity index (χ1v) is 6.87. The van der Waals surface area contributed by atoms with Crippen LogP contribution in [0.5, 0.6) is 0 Å². The van der Waals surface area contributed by atoms with Gasteiger partial charge in [-0.25, -0.2) is 4.39 Å². The standard InChI is InChI=1S/C17H21FN2/c1-13-3-4-14(2)17(11-13)20(10-9-19)12-15-5-7-16(18)8-6-15/h3-8,11H,9-10,12,19H2,1-2H3. The van der Waals surface area contributed by atoms with Gasteiger partial charge < -0.3 is 10.6 Å². The van der Waals surface area contributed by atoms with Crippen molar-refractivity contribution in [1.29, 1.82) is 0 Å². The van der Waals surface area contributed by atoms with Crippen molar-refractivity contribution >= 4 is 5.69 Å². The third kappa shape index (κ3) is 3.58. The summed E-state index contributed by atoms with van der Waals surface area (Å²) in [4.78, 5) is 2.25. The SMILES string of the molecule is Cc1ccc(C)c(N(CCN)Cc2ccc(F)cc2)c1. The van der Waals surface area contributed by atoms with Crippen LogP contribution >= 0.6 is 0 Å². The van der Waals surface area contributed by atoms with Crippen molar-refractivity contribution in [2.24, 2.45) is 5.73 Å². The third-order valence-corrected chi connectivity index (χ3v) is 3.39. The maximum atomic E-state index is 13.0. The van der Waals surface area contributed by atoms with E-state index in [1.54, 1.807) is 0 Å². The predicted molar refractivity (Wildman–Crippen MR) is 82.4 cm³/mol. The predicted octanol–water partition coefficient (Wildman–Crippen LogP) is 3.41. The largest absolute Gasteiger partial charge is 0.366 e. The van der Waals surface area contributed by atoms with Crippen LogP contribution in [-0.4, -0.2) is 13.1 Å². The monoisotopic (exact) mass is 272 g/mol. The number of aryl methyl sites for hydroxylation is 2. The summed E-state index contributed by atoms with van der Waals surface area (Å²) in [5, 5.41) is 0. The molecule has 0 aliphatic rings. The molecule has 2 aromatic rings. The molecule has 0 amide bonds. The van der Waals surface area contributed by atoms with Crippen molar-refractivity contribution in [3.8, 4) is 0 Å². The maximum absolute atomic E-state index is 13.0. The first-order chi connectivity index (χ1) is 9.60. The average Bonchev–Trinajstić information content (AvgIpc) is 2.43. The molecule has 0 atom stereocenters. The van der Waals surface area contributed by atoms with Gasteiger partial charge >= 0.3 is 0 Å². The summed E-state index contributed by atoms with van der Waals surface area (Å²) >= 11 is 0. The van der Waals surface area contributed by atoms with Crippen LogP contribution < -0.4 is 10.6 Å². The maximum Gasteiger partial charge on any atom is 0.123 e. The number of rotatable bonds is 5. The van der Waals surface area contributed by atoms with Crippen molar-refractivity contribution in [3.63, 3.8) is 0 Å². The summed E-state index contributed by atoms with van der Waals surface area (Å²) in [5.74, 6) is -0.203. The van der Waals surface area contributed by atoms with Crippen LogP contribution in [0, 0.1) is 19.7 Å². The Balaban J connectivity index is 2.26. The van der Waals surface area contributed by atoms with E-state index in [0.717, 1.165) is 18.7 Å². The van der Waals surface area contributed by atoms with Crippen molar-refractivity contribution < 1.29 is 4.39 Å². The molecule has 2 nitrogen and oxygen atoms in total. The molecule has 106 valence electrons. The van der Waals surface area contributed by atoms with Crippen molar-refractivity contribution in [2.45, 2.75) is 20.4 Å². The smallest absolute Gasteiger partial charge is 0.123 e. The highest BCUT2D eigenvalue weighted by Crippen LogP contribution is 2.23. The highest BCUT2D eigenvalue weighted by atomic mass is 19.1. The van der Waals surface area contributed by atoms with Gasteiger partial charge in [-0.3, -0.25) is 0 Å². The molecule has 0 spiro atoms. The Hall–Kier alpha value is -1.87. The van der Waals surface area contributed by atoms with E-state index in [9.17, 15) is 4.39 Å². The fourth-order valence-electron chi connectivity index (χ4n) is 2.31. The molecule has 0 aliphatic heterocycles. The molecule has 0 heterocycles. The van der Waals surface area contributed by atoms with Gasteiger partial charge in [0.2, 0.25) is 0 Å². The minimum absolute atomic E-state index is 0.203. The summed E-state index contributed by atoms with van der Waals surface area (Å²) in [5.41, 5.74) is 10.5. The molecule has 2 rings (SSSR count). The van der Waals surface area contributed by atoms with E-state index < -0.39 is 0 Å². The Bertz CT molecular complexity index is 564. The number of nitrogens with two attached hydrogens (primary N) is 1. The van der Waals surface area contributed by atoms with E-state index >= 15 is 0 Å². The van der Waals surface area contributed by atoms with E-state index in [2.05, 4.69) is 36.9 Å². The summed E-state index contributed by atoms with van der Waals surface area (Å²) < 4.78 is 13.0. The van der Waals surface area contributed by atoms with Crippen LogP contribution in [-0.2, 0) is 6.54 Å². The highest BCUT2D eigenvalue weighted by Gasteiger charge is 2.09. The van der Waals surface area contributed by atoms with E-state index in [4.69, 9.17) is 5.73 Å². The zero-order chi connectivity index (χ0) is 14.5. The van der Waals surface area contributed by atoms with Crippen LogP contribution in [0.4, 0.5) is 10.1 Å². The molecule has 20 heavy (non-hydrogen) atoms. The molecule has 0 radical (unpaired) electrons. The zero-order valence-corrected chi connectivity index (χ0v) is 12.1. The Morgan fingerprint density at radius 1 is 1.05 bits per heavy atom. The van der Waals surface area contributed by atoms with Gasteiger partial charge in [0.15, 0.2) is 0 Å². The lowest BCUT2D eigenvalue weighted by Gasteiger charge is -2.26. The number of hydrogen-bond donors (Lipinski definition) is 1. The Morgan fingerprint density at radius 2 is 1.75 bits per heavy atom. The minimum Gasteiger partial charge on any atom is -0.366 e. The van der Waals surface area contributed by atoms with E-state index in [1.807, 2.05) is 12.1 Å². The first kappa shape index (κ1) is 14.5. The van der Waals surface area contributed by atoms with Gasteiger partial charge in [0.1, 0.15) is 5.82 Å². The number of hydrogen-bond acceptors (Lipinski definition) is 2. The minimum atomic E-state index is -0.203. The quantitative estimate of drug-likeness (QED) is 0.903. The Labute approximate surface area is 120 Å². The summed E-state index contributed by atoms with van der Waals surface area (Å²) in [7, 11) is 0. The fourth-order valence-corrected chi connectivity index (χ4v) is 2.31. The summed E-state index contributed by atoms with van der Waals surface area (Å²) in [6.45, 7) is 6.29. The van der Waals surface area contributed by atoms with Crippen LogP contribution in [0.25, 0.3) is 0 Å². The average molecular weight is 272 g/mol. The normalized spacial score (nSPS) is 10.6. The van der Waals surface area contributed by atoms with E-state index in [1.165, 1.54) is 28.9 Å². The molecular weight excluding hydrogens is 251 g/mol. The van der Waals surface area contributed by atoms with Gasteiger partial charge in [0.05, 0.1) is 0 Å². The van der Waals surface area contributed by atoms with Crippen LogP contribution in [0.2, 0.25) is 0 Å². The fraction of sp³-hybridized carbons (Fsp3) is 0.294. The second kappa shape index (κ2) is 6.53. The van der Waals surface area contributed by atoms with Crippen LogP contribution in [0.15, 0.2) is 42.5 Å².